The maximum atomic E-state index is 14.0. The van der Waals surface area contributed by atoms with Gasteiger partial charge < -0.3 is 10.7 Å². The molecule has 26 heavy (non-hydrogen) atoms. The zero-order valence-corrected chi connectivity index (χ0v) is 14.0. The fraction of sp³-hybridized carbons (Fsp3) is 0.111. The molecule has 0 bridgehead atoms. The first-order chi connectivity index (χ1) is 12.4. The van der Waals surface area contributed by atoms with Crippen LogP contribution in [-0.4, -0.2) is 25.9 Å². The molecule has 8 heteroatoms. The molecule has 4 N–H and O–H groups in total. The molecular formula is C18H14FN5O2. The highest BCUT2D eigenvalue weighted by atomic mass is 19.1. The number of nitrogen functional groups attached to an aromatic ring is 1. The van der Waals surface area contributed by atoms with Crippen molar-refractivity contribution in [1.29, 1.82) is 0 Å². The number of anilines is 1. The van der Waals surface area contributed by atoms with Crippen LogP contribution in [0.3, 0.4) is 0 Å². The number of H-pyrrole nitrogens is 2. The highest BCUT2D eigenvalue weighted by molar-refractivity contribution is 6.08. The highest BCUT2D eigenvalue weighted by Crippen LogP contribution is 2.36. The van der Waals surface area contributed by atoms with Crippen molar-refractivity contribution in [3.63, 3.8) is 0 Å². The van der Waals surface area contributed by atoms with Crippen LogP contribution in [-0.2, 0) is 0 Å². The second-order valence-corrected chi connectivity index (χ2v) is 6.07. The quantitative estimate of drug-likeness (QED) is 0.480. The van der Waals surface area contributed by atoms with Crippen LogP contribution in [0.1, 0.15) is 22.8 Å². The number of pyridine rings is 2. The predicted molar refractivity (Wildman–Crippen MR) is 96.6 cm³/mol. The van der Waals surface area contributed by atoms with Gasteiger partial charge in [0, 0.05) is 22.7 Å². The minimum Gasteiger partial charge on any atom is -0.394 e. The number of ketones is 1. The van der Waals surface area contributed by atoms with Crippen molar-refractivity contribution >= 4 is 33.4 Å². The molecule has 4 rings (SSSR count). The van der Waals surface area contributed by atoms with Crippen LogP contribution in [0.4, 0.5) is 10.1 Å². The van der Waals surface area contributed by atoms with Gasteiger partial charge in [-0.2, -0.15) is 5.10 Å². The number of carbonyl (C=O) groups is 1. The first kappa shape index (κ1) is 15.9. The van der Waals surface area contributed by atoms with Gasteiger partial charge in [0.2, 0.25) is 0 Å². The Hall–Kier alpha value is -3.55. The van der Waals surface area contributed by atoms with Gasteiger partial charge in [0.05, 0.1) is 17.2 Å². The lowest BCUT2D eigenvalue weighted by atomic mass is 9.97. The number of rotatable bonds is 2. The number of hydrogen-bond acceptors (Lipinski definition) is 5. The minimum atomic E-state index is -0.501. The first-order valence-electron chi connectivity index (χ1n) is 7.84. The lowest BCUT2D eigenvalue weighted by Gasteiger charge is -2.13. The summed E-state index contributed by atoms with van der Waals surface area (Å²) < 4.78 is 14.0. The summed E-state index contributed by atoms with van der Waals surface area (Å²) in [7, 11) is 0. The number of nitrogens with one attached hydrogen (secondary N) is 2. The fourth-order valence-electron chi connectivity index (χ4n) is 3.21. The molecule has 0 saturated heterocycles. The van der Waals surface area contributed by atoms with Crippen LogP contribution in [0.2, 0.25) is 0 Å². The number of carbonyl (C=O) groups excluding carboxylic acids is 1. The molecule has 3 heterocycles. The second-order valence-electron chi connectivity index (χ2n) is 6.07. The number of halogens is 1. The third kappa shape index (κ3) is 2.12. The molecule has 0 aliphatic rings. The van der Waals surface area contributed by atoms with Crippen LogP contribution < -0.4 is 11.3 Å². The van der Waals surface area contributed by atoms with Crippen molar-refractivity contribution in [1.82, 2.24) is 20.2 Å². The van der Waals surface area contributed by atoms with E-state index in [0.29, 0.717) is 38.7 Å². The predicted octanol–water partition coefficient (Wildman–Crippen LogP) is 2.70. The number of benzene rings is 1. The smallest absolute Gasteiger partial charge is 0.272 e. The van der Waals surface area contributed by atoms with Crippen LogP contribution in [0.15, 0.2) is 29.3 Å². The molecule has 0 amide bonds. The Balaban J connectivity index is 2.19. The van der Waals surface area contributed by atoms with Gasteiger partial charge in [-0.1, -0.05) is 6.07 Å². The monoisotopic (exact) mass is 351 g/mol. The number of aryl methyl sites for hydroxylation is 1. The third-order valence-electron chi connectivity index (χ3n) is 4.54. The van der Waals surface area contributed by atoms with Crippen molar-refractivity contribution < 1.29 is 9.18 Å². The van der Waals surface area contributed by atoms with Crippen LogP contribution >= 0.6 is 0 Å². The average Bonchev–Trinajstić information content (AvgIpc) is 3.09. The lowest BCUT2D eigenvalue weighted by molar-refractivity contribution is 0.101. The molecule has 130 valence electrons. The molecule has 0 atom stereocenters. The molecular weight excluding hydrogens is 337 g/mol. The summed E-state index contributed by atoms with van der Waals surface area (Å²) in [5.41, 5.74) is 8.52. The van der Waals surface area contributed by atoms with E-state index in [1.165, 1.54) is 31.5 Å². The molecule has 4 aromatic rings. The van der Waals surface area contributed by atoms with Gasteiger partial charge in [-0.05, 0) is 31.0 Å². The summed E-state index contributed by atoms with van der Waals surface area (Å²) in [6.45, 7) is 3.16. The maximum Gasteiger partial charge on any atom is 0.272 e. The molecule has 0 unspecified atom stereocenters. The van der Waals surface area contributed by atoms with Gasteiger partial charge in [0.15, 0.2) is 5.78 Å². The standard InChI is InChI=1S/C18H14FN5O2/c1-7-10(8(2)25)5-21-17-13(14(20)18(26)23-15(7)17)9-3-4-12(19)16-11(9)6-22-24-16/h3-6H,20H2,1-2H3,(H,22,24)(H,23,26). The molecule has 0 radical (unpaired) electrons. The summed E-state index contributed by atoms with van der Waals surface area (Å²) in [6.07, 6.45) is 2.92. The second kappa shape index (κ2) is 5.48. The van der Waals surface area contributed by atoms with E-state index in [2.05, 4.69) is 20.2 Å². The van der Waals surface area contributed by atoms with E-state index >= 15 is 0 Å². The van der Waals surface area contributed by atoms with E-state index in [1.807, 2.05) is 0 Å². The minimum absolute atomic E-state index is 0.0333. The Bertz CT molecular complexity index is 1270. The van der Waals surface area contributed by atoms with Crippen molar-refractivity contribution in [2.75, 3.05) is 5.73 Å². The summed E-state index contributed by atoms with van der Waals surface area (Å²) in [5.74, 6) is -0.618. The van der Waals surface area contributed by atoms with E-state index < -0.39 is 11.4 Å². The Kier molecular flexibility index (Phi) is 3.36. The first-order valence-corrected chi connectivity index (χ1v) is 7.84. The number of fused-ring (bicyclic) bond motifs is 2. The Labute approximate surface area is 146 Å². The number of nitrogens with zero attached hydrogens (tertiary/aromatic N) is 2. The zero-order chi connectivity index (χ0) is 18.6. The highest BCUT2D eigenvalue weighted by Gasteiger charge is 2.20. The molecule has 7 nitrogen and oxygen atoms in total. The summed E-state index contributed by atoms with van der Waals surface area (Å²) in [5, 5.41) is 6.96. The molecule has 3 aromatic heterocycles. The molecule has 0 fully saturated rings. The van der Waals surface area contributed by atoms with E-state index in [4.69, 9.17) is 5.73 Å². The largest absolute Gasteiger partial charge is 0.394 e. The van der Waals surface area contributed by atoms with Crippen molar-refractivity contribution in [2.45, 2.75) is 13.8 Å². The average molecular weight is 351 g/mol. The molecule has 0 aliphatic carbocycles. The molecule has 0 aliphatic heterocycles. The Morgan fingerprint density at radius 2 is 2.00 bits per heavy atom. The summed E-state index contributed by atoms with van der Waals surface area (Å²) >= 11 is 0. The summed E-state index contributed by atoms with van der Waals surface area (Å²) in [4.78, 5) is 31.2. The van der Waals surface area contributed by atoms with Crippen molar-refractivity contribution in [3.05, 3.63) is 51.8 Å². The number of nitrogens with two attached hydrogens (primary N) is 1. The fourth-order valence-corrected chi connectivity index (χ4v) is 3.21. The van der Waals surface area contributed by atoms with E-state index in [-0.39, 0.29) is 17.0 Å². The van der Waals surface area contributed by atoms with Gasteiger partial charge in [-0.3, -0.25) is 19.7 Å². The van der Waals surface area contributed by atoms with Crippen molar-refractivity contribution in [2.24, 2.45) is 0 Å². The lowest BCUT2D eigenvalue weighted by Crippen LogP contribution is -2.15. The Morgan fingerprint density at radius 1 is 1.23 bits per heavy atom. The van der Waals surface area contributed by atoms with Crippen LogP contribution in [0, 0.1) is 12.7 Å². The number of hydrogen-bond donors (Lipinski definition) is 3. The van der Waals surface area contributed by atoms with Crippen LogP contribution in [0.25, 0.3) is 33.1 Å². The molecule has 0 spiro atoms. The van der Waals surface area contributed by atoms with Gasteiger partial charge in [0.1, 0.15) is 17.0 Å². The third-order valence-corrected chi connectivity index (χ3v) is 4.54. The molecule has 1 aromatic carbocycles. The van der Waals surface area contributed by atoms with E-state index in [0.717, 1.165) is 0 Å². The maximum absolute atomic E-state index is 14.0. The van der Waals surface area contributed by atoms with Crippen LogP contribution in [0.5, 0.6) is 0 Å². The molecule has 0 saturated carbocycles. The van der Waals surface area contributed by atoms with Gasteiger partial charge in [-0.15, -0.1) is 0 Å². The number of Topliss-reactive ketones (excluding diaryl/α,β-unsaturated/α-hetero) is 1. The number of aromatic amines is 2. The zero-order valence-electron chi connectivity index (χ0n) is 14.0. The Morgan fingerprint density at radius 3 is 2.73 bits per heavy atom. The summed E-state index contributed by atoms with van der Waals surface area (Å²) in [6, 6.07) is 2.81. The van der Waals surface area contributed by atoms with E-state index in [1.54, 1.807) is 6.92 Å². The van der Waals surface area contributed by atoms with Crippen molar-refractivity contribution in [3.8, 4) is 11.1 Å². The topological polar surface area (TPSA) is 118 Å². The van der Waals surface area contributed by atoms with Gasteiger partial charge >= 0.3 is 0 Å². The van der Waals surface area contributed by atoms with Gasteiger partial charge in [-0.25, -0.2) is 4.39 Å². The normalized spacial score (nSPS) is 11.3. The van der Waals surface area contributed by atoms with Gasteiger partial charge in [0.25, 0.3) is 5.56 Å². The van der Waals surface area contributed by atoms with E-state index in [9.17, 15) is 14.0 Å². The SMILES string of the molecule is CC(=O)c1cnc2c(-c3ccc(F)c4[nH]ncc34)c(N)c(=O)[nH]c2c1C. The number of aromatic nitrogens is 4.